The minimum atomic E-state index is 0.802. The predicted octanol–water partition coefficient (Wildman–Crippen LogP) is 3.50. The molecule has 2 heterocycles. The molecule has 0 aliphatic rings. The quantitative estimate of drug-likeness (QED) is 0.794. The third kappa shape index (κ3) is 3.11. The Bertz CT molecular complexity index is 715. The fourth-order valence-electron chi connectivity index (χ4n) is 2.22. The maximum absolute atomic E-state index is 4.41. The molecule has 0 aliphatic carbocycles. The number of hydrogen-bond acceptors (Lipinski definition) is 3. The zero-order chi connectivity index (χ0) is 14.7. The zero-order valence-corrected chi connectivity index (χ0v) is 12.2. The Morgan fingerprint density at radius 2 is 2.05 bits per heavy atom. The highest BCUT2D eigenvalue weighted by Gasteiger charge is 2.01. The molecule has 106 valence electrons. The Balaban J connectivity index is 1.70. The summed E-state index contributed by atoms with van der Waals surface area (Å²) >= 11 is 0. The first kappa shape index (κ1) is 13.4. The zero-order valence-electron chi connectivity index (χ0n) is 12.2. The number of aromatic nitrogens is 3. The molecule has 0 saturated heterocycles. The summed E-state index contributed by atoms with van der Waals surface area (Å²) < 4.78 is 1.74. The molecule has 0 amide bonds. The summed E-state index contributed by atoms with van der Waals surface area (Å²) in [6.45, 7) is 5.05. The number of hydrogen-bond donors (Lipinski definition) is 1. The number of pyridine rings is 1. The van der Waals surface area contributed by atoms with Crippen LogP contribution in [0.1, 0.15) is 16.7 Å². The summed E-state index contributed by atoms with van der Waals surface area (Å²) in [6, 6.07) is 12.4. The fourth-order valence-corrected chi connectivity index (χ4v) is 2.22. The van der Waals surface area contributed by atoms with Crippen molar-refractivity contribution < 1.29 is 0 Å². The molecule has 2 aromatic heterocycles. The van der Waals surface area contributed by atoms with Crippen LogP contribution in [0.25, 0.3) is 5.82 Å². The highest BCUT2D eigenvalue weighted by molar-refractivity contribution is 5.45. The SMILES string of the molecule is Cc1ccc(C)c(CNc2ccc(-n3cccn3)nc2)c1. The van der Waals surface area contributed by atoms with Crippen molar-refractivity contribution in [3.63, 3.8) is 0 Å². The van der Waals surface area contributed by atoms with E-state index in [0.29, 0.717) is 0 Å². The van der Waals surface area contributed by atoms with Crippen LogP contribution in [0.3, 0.4) is 0 Å². The van der Waals surface area contributed by atoms with Gasteiger partial charge in [0, 0.05) is 18.9 Å². The fraction of sp³-hybridized carbons (Fsp3) is 0.176. The highest BCUT2D eigenvalue weighted by atomic mass is 15.3. The smallest absolute Gasteiger partial charge is 0.153 e. The van der Waals surface area contributed by atoms with E-state index in [4.69, 9.17) is 0 Å². The molecule has 21 heavy (non-hydrogen) atoms. The Labute approximate surface area is 124 Å². The second kappa shape index (κ2) is 5.79. The first-order valence-electron chi connectivity index (χ1n) is 6.98. The van der Waals surface area contributed by atoms with Gasteiger partial charge in [-0.25, -0.2) is 9.67 Å². The molecule has 0 bridgehead atoms. The Hall–Kier alpha value is -2.62. The van der Waals surface area contributed by atoms with Crippen LogP contribution in [0.2, 0.25) is 0 Å². The molecule has 0 unspecified atom stereocenters. The molecule has 0 fully saturated rings. The van der Waals surface area contributed by atoms with E-state index in [-0.39, 0.29) is 0 Å². The van der Waals surface area contributed by atoms with Crippen molar-refractivity contribution in [1.82, 2.24) is 14.8 Å². The number of rotatable bonds is 4. The lowest BCUT2D eigenvalue weighted by molar-refractivity contribution is 0.847. The standard InChI is InChI=1S/C17H18N4/c1-13-4-5-14(2)15(10-13)11-18-16-6-7-17(19-12-16)21-9-3-8-20-21/h3-10,12,18H,11H2,1-2H3. The normalized spacial score (nSPS) is 10.6. The Morgan fingerprint density at radius 1 is 1.14 bits per heavy atom. The van der Waals surface area contributed by atoms with E-state index in [1.807, 2.05) is 30.6 Å². The van der Waals surface area contributed by atoms with Gasteiger partial charge < -0.3 is 5.32 Å². The summed E-state index contributed by atoms with van der Waals surface area (Å²) in [5.74, 6) is 0.817. The number of nitrogens with one attached hydrogen (secondary N) is 1. The molecule has 4 heteroatoms. The maximum Gasteiger partial charge on any atom is 0.153 e. The highest BCUT2D eigenvalue weighted by Crippen LogP contribution is 2.14. The minimum Gasteiger partial charge on any atom is -0.380 e. The van der Waals surface area contributed by atoms with Gasteiger partial charge in [-0.3, -0.25) is 0 Å². The number of benzene rings is 1. The third-order valence-electron chi connectivity index (χ3n) is 3.47. The molecule has 3 rings (SSSR count). The molecule has 0 saturated carbocycles. The molecule has 4 nitrogen and oxygen atoms in total. The molecular weight excluding hydrogens is 260 g/mol. The van der Waals surface area contributed by atoms with Crippen LogP contribution in [0.4, 0.5) is 5.69 Å². The number of anilines is 1. The summed E-state index contributed by atoms with van der Waals surface area (Å²) in [5, 5.41) is 7.57. The van der Waals surface area contributed by atoms with E-state index in [1.165, 1.54) is 16.7 Å². The van der Waals surface area contributed by atoms with Crippen molar-refractivity contribution in [3.05, 3.63) is 71.7 Å². The van der Waals surface area contributed by atoms with Gasteiger partial charge in [0.2, 0.25) is 0 Å². The first-order chi connectivity index (χ1) is 10.2. The average molecular weight is 278 g/mol. The molecule has 0 aliphatic heterocycles. The van der Waals surface area contributed by atoms with Gasteiger partial charge in [-0.15, -0.1) is 0 Å². The van der Waals surface area contributed by atoms with Crippen LogP contribution in [0.5, 0.6) is 0 Å². The molecule has 0 atom stereocenters. The van der Waals surface area contributed by atoms with Crippen LogP contribution >= 0.6 is 0 Å². The molecule has 1 aromatic carbocycles. The first-order valence-corrected chi connectivity index (χ1v) is 6.98. The van der Waals surface area contributed by atoms with Crippen LogP contribution in [0, 0.1) is 13.8 Å². The third-order valence-corrected chi connectivity index (χ3v) is 3.47. The summed E-state index contributed by atoms with van der Waals surface area (Å²) in [6.07, 6.45) is 5.46. The van der Waals surface area contributed by atoms with Gasteiger partial charge >= 0.3 is 0 Å². The average Bonchev–Trinajstić information content (AvgIpc) is 3.03. The second-order valence-corrected chi connectivity index (χ2v) is 5.14. The van der Waals surface area contributed by atoms with Gasteiger partial charge in [-0.1, -0.05) is 23.8 Å². The van der Waals surface area contributed by atoms with Crippen molar-refractivity contribution in [3.8, 4) is 5.82 Å². The van der Waals surface area contributed by atoms with Gasteiger partial charge in [0.1, 0.15) is 0 Å². The largest absolute Gasteiger partial charge is 0.380 e. The summed E-state index contributed by atoms with van der Waals surface area (Å²) in [7, 11) is 0. The van der Waals surface area contributed by atoms with Gasteiger partial charge in [-0.05, 0) is 43.2 Å². The van der Waals surface area contributed by atoms with Crippen molar-refractivity contribution >= 4 is 5.69 Å². The van der Waals surface area contributed by atoms with Crippen LogP contribution < -0.4 is 5.32 Å². The summed E-state index contributed by atoms with van der Waals surface area (Å²) in [4.78, 5) is 4.41. The van der Waals surface area contributed by atoms with E-state index in [2.05, 4.69) is 47.4 Å². The summed E-state index contributed by atoms with van der Waals surface area (Å²) in [5.41, 5.74) is 4.90. The van der Waals surface area contributed by atoms with Crippen molar-refractivity contribution in [1.29, 1.82) is 0 Å². The van der Waals surface area contributed by atoms with Crippen molar-refractivity contribution in [2.45, 2.75) is 20.4 Å². The van der Waals surface area contributed by atoms with Gasteiger partial charge in [-0.2, -0.15) is 5.10 Å². The minimum absolute atomic E-state index is 0.802. The van der Waals surface area contributed by atoms with E-state index in [1.54, 1.807) is 10.9 Å². The second-order valence-electron chi connectivity index (χ2n) is 5.14. The van der Waals surface area contributed by atoms with E-state index < -0.39 is 0 Å². The maximum atomic E-state index is 4.41. The number of nitrogens with zero attached hydrogens (tertiary/aromatic N) is 3. The lowest BCUT2D eigenvalue weighted by Gasteiger charge is -2.10. The van der Waals surface area contributed by atoms with E-state index in [0.717, 1.165) is 18.1 Å². The lowest BCUT2D eigenvalue weighted by Crippen LogP contribution is -2.03. The van der Waals surface area contributed by atoms with Gasteiger partial charge in [0.15, 0.2) is 5.82 Å². The van der Waals surface area contributed by atoms with Gasteiger partial charge in [0.05, 0.1) is 11.9 Å². The molecule has 0 radical (unpaired) electrons. The molecule has 1 N–H and O–H groups in total. The number of aryl methyl sites for hydroxylation is 2. The predicted molar refractivity (Wildman–Crippen MR) is 84.6 cm³/mol. The molecular formula is C17H18N4. The van der Waals surface area contributed by atoms with Crippen LogP contribution in [-0.2, 0) is 6.54 Å². The van der Waals surface area contributed by atoms with Crippen LogP contribution in [0.15, 0.2) is 55.0 Å². The topological polar surface area (TPSA) is 42.7 Å². The Kier molecular flexibility index (Phi) is 3.69. The monoisotopic (exact) mass is 278 g/mol. The van der Waals surface area contributed by atoms with E-state index >= 15 is 0 Å². The van der Waals surface area contributed by atoms with Crippen LogP contribution in [-0.4, -0.2) is 14.8 Å². The molecule has 0 spiro atoms. The molecule has 3 aromatic rings. The Morgan fingerprint density at radius 3 is 2.76 bits per heavy atom. The van der Waals surface area contributed by atoms with Gasteiger partial charge in [0.25, 0.3) is 0 Å². The van der Waals surface area contributed by atoms with E-state index in [9.17, 15) is 0 Å². The van der Waals surface area contributed by atoms with Crippen molar-refractivity contribution in [2.24, 2.45) is 0 Å². The van der Waals surface area contributed by atoms with Crippen molar-refractivity contribution in [2.75, 3.05) is 5.32 Å². The lowest BCUT2D eigenvalue weighted by atomic mass is 10.1.